The number of rotatable bonds is 5. The number of aromatic hydroxyl groups is 1. The van der Waals surface area contributed by atoms with Crippen LogP contribution in [0.2, 0.25) is 0 Å². The van der Waals surface area contributed by atoms with Gasteiger partial charge in [-0.05, 0) is 50.5 Å². The molecule has 0 amide bonds. The van der Waals surface area contributed by atoms with E-state index in [1.807, 2.05) is 20.8 Å². The van der Waals surface area contributed by atoms with Crippen LogP contribution in [-0.2, 0) is 6.42 Å². The lowest BCUT2D eigenvalue weighted by molar-refractivity contribution is 0.163. The fourth-order valence-corrected chi connectivity index (χ4v) is 1.65. The summed E-state index contributed by atoms with van der Waals surface area (Å²) in [5.41, 5.74) is 1.35. The summed E-state index contributed by atoms with van der Waals surface area (Å²) < 4.78 is 0. The van der Waals surface area contributed by atoms with Gasteiger partial charge >= 0.3 is 0 Å². The number of phenols is 1. The number of hydrogen-bond donors (Lipinski definition) is 4. The summed E-state index contributed by atoms with van der Waals surface area (Å²) >= 11 is 0. The average Bonchev–Trinajstić information content (AvgIpc) is 2.28. The van der Waals surface area contributed by atoms with Crippen LogP contribution in [0.4, 0.5) is 0 Å². The average molecular weight is 253 g/mol. The Morgan fingerprint density at radius 2 is 1.94 bits per heavy atom. The van der Waals surface area contributed by atoms with Crippen LogP contribution in [0, 0.1) is 0 Å². The van der Waals surface area contributed by atoms with Crippen LogP contribution in [-0.4, -0.2) is 34.0 Å². The third kappa shape index (κ3) is 4.64. The summed E-state index contributed by atoms with van der Waals surface area (Å²) in [5.74, 6) is 0.156. The molecule has 4 N–H and O–H groups in total. The second-order valence-corrected chi connectivity index (χ2v) is 5.51. The molecule has 0 aliphatic heterocycles. The van der Waals surface area contributed by atoms with Crippen molar-refractivity contribution < 1.29 is 15.3 Å². The van der Waals surface area contributed by atoms with E-state index in [1.165, 1.54) is 0 Å². The van der Waals surface area contributed by atoms with Crippen molar-refractivity contribution in [2.75, 3.05) is 13.2 Å². The van der Waals surface area contributed by atoms with Gasteiger partial charge < -0.3 is 20.6 Å². The zero-order valence-corrected chi connectivity index (χ0v) is 11.3. The van der Waals surface area contributed by atoms with E-state index in [4.69, 9.17) is 5.11 Å². The van der Waals surface area contributed by atoms with E-state index in [2.05, 4.69) is 5.32 Å². The molecule has 1 aromatic rings. The molecule has 102 valence electrons. The summed E-state index contributed by atoms with van der Waals surface area (Å²) in [6.45, 7) is 6.54. The van der Waals surface area contributed by atoms with Crippen molar-refractivity contribution in [2.24, 2.45) is 0 Å². The van der Waals surface area contributed by atoms with E-state index in [0.29, 0.717) is 18.5 Å². The molecule has 1 aromatic carbocycles. The number of hydrogen-bond acceptors (Lipinski definition) is 4. The van der Waals surface area contributed by atoms with Crippen molar-refractivity contribution >= 4 is 0 Å². The minimum atomic E-state index is -0.623. The molecule has 0 heterocycles. The first-order valence-electron chi connectivity index (χ1n) is 6.19. The van der Waals surface area contributed by atoms with Gasteiger partial charge in [-0.1, -0.05) is 6.07 Å². The molecule has 0 bridgehead atoms. The largest absolute Gasteiger partial charge is 0.508 e. The van der Waals surface area contributed by atoms with Crippen LogP contribution < -0.4 is 5.32 Å². The first-order chi connectivity index (χ1) is 8.33. The molecule has 0 saturated carbocycles. The van der Waals surface area contributed by atoms with Crippen molar-refractivity contribution in [1.29, 1.82) is 0 Å². The predicted octanol–water partition coefficient (Wildman–Crippen LogP) is 1.35. The molecule has 0 fully saturated rings. The van der Waals surface area contributed by atoms with Gasteiger partial charge in [0, 0.05) is 18.7 Å². The van der Waals surface area contributed by atoms with Gasteiger partial charge in [0.1, 0.15) is 5.75 Å². The van der Waals surface area contributed by atoms with Crippen molar-refractivity contribution in [2.45, 2.75) is 38.8 Å². The Morgan fingerprint density at radius 1 is 1.28 bits per heavy atom. The molecule has 0 aliphatic carbocycles. The van der Waals surface area contributed by atoms with Gasteiger partial charge in [-0.15, -0.1) is 0 Å². The maximum absolute atomic E-state index is 10.1. The maximum Gasteiger partial charge on any atom is 0.118 e. The number of nitrogens with one attached hydrogen (secondary N) is 1. The van der Waals surface area contributed by atoms with Crippen LogP contribution in [0.1, 0.15) is 38.0 Å². The smallest absolute Gasteiger partial charge is 0.118 e. The van der Waals surface area contributed by atoms with Crippen LogP contribution in [0.15, 0.2) is 18.2 Å². The van der Waals surface area contributed by atoms with Gasteiger partial charge in [0.05, 0.1) is 6.10 Å². The Hall–Kier alpha value is -1.10. The van der Waals surface area contributed by atoms with E-state index in [1.54, 1.807) is 18.2 Å². The lowest BCUT2D eigenvalue weighted by Crippen LogP contribution is -2.38. The molecule has 4 nitrogen and oxygen atoms in total. The van der Waals surface area contributed by atoms with Gasteiger partial charge in [0.2, 0.25) is 0 Å². The van der Waals surface area contributed by atoms with E-state index in [-0.39, 0.29) is 17.9 Å². The molecule has 18 heavy (non-hydrogen) atoms. The molecule has 0 radical (unpaired) electrons. The fourth-order valence-electron chi connectivity index (χ4n) is 1.65. The topological polar surface area (TPSA) is 72.7 Å². The highest BCUT2D eigenvalue weighted by molar-refractivity contribution is 5.37. The Balaban J connectivity index is 2.73. The molecule has 0 aromatic heterocycles. The van der Waals surface area contributed by atoms with E-state index < -0.39 is 6.10 Å². The second-order valence-electron chi connectivity index (χ2n) is 5.51. The zero-order chi connectivity index (χ0) is 13.8. The Kier molecular flexibility index (Phi) is 5.14. The summed E-state index contributed by atoms with van der Waals surface area (Å²) in [5, 5.41) is 31.8. The van der Waals surface area contributed by atoms with Crippen LogP contribution in [0.25, 0.3) is 0 Å². The normalized spacial score (nSPS) is 13.6. The van der Waals surface area contributed by atoms with Crippen LogP contribution in [0.5, 0.6) is 5.75 Å². The van der Waals surface area contributed by atoms with E-state index in [0.717, 1.165) is 5.56 Å². The van der Waals surface area contributed by atoms with E-state index >= 15 is 0 Å². The lowest BCUT2D eigenvalue weighted by Gasteiger charge is -2.23. The molecule has 1 unspecified atom stereocenters. The van der Waals surface area contributed by atoms with Gasteiger partial charge in [-0.2, -0.15) is 0 Å². The maximum atomic E-state index is 10.1. The zero-order valence-electron chi connectivity index (χ0n) is 11.3. The number of phenolic OH excluding ortho intramolecular Hbond substituents is 1. The van der Waals surface area contributed by atoms with Crippen LogP contribution >= 0.6 is 0 Å². The molecular weight excluding hydrogens is 230 g/mol. The number of benzene rings is 1. The SMILES string of the molecule is CC(C)(C)NCC(O)c1ccc(O)c(CCO)c1. The van der Waals surface area contributed by atoms with Crippen LogP contribution in [0.3, 0.4) is 0 Å². The summed E-state index contributed by atoms with van der Waals surface area (Å²) in [6, 6.07) is 4.99. The number of aliphatic hydroxyl groups is 2. The van der Waals surface area contributed by atoms with Crippen molar-refractivity contribution in [3.63, 3.8) is 0 Å². The first-order valence-corrected chi connectivity index (χ1v) is 6.19. The Morgan fingerprint density at radius 3 is 2.50 bits per heavy atom. The first kappa shape index (κ1) is 15.0. The molecule has 1 rings (SSSR count). The third-order valence-electron chi connectivity index (χ3n) is 2.70. The van der Waals surface area contributed by atoms with Crippen molar-refractivity contribution in [1.82, 2.24) is 5.32 Å². The highest BCUT2D eigenvalue weighted by Crippen LogP contribution is 2.23. The summed E-state index contributed by atoms with van der Waals surface area (Å²) in [6.07, 6.45) is -0.235. The Labute approximate surface area is 108 Å². The highest BCUT2D eigenvalue weighted by Gasteiger charge is 2.14. The van der Waals surface area contributed by atoms with Gasteiger partial charge in [0.25, 0.3) is 0 Å². The minimum Gasteiger partial charge on any atom is -0.508 e. The minimum absolute atomic E-state index is 0.0205. The van der Waals surface area contributed by atoms with E-state index in [9.17, 15) is 10.2 Å². The molecular formula is C14H23NO3. The molecule has 0 spiro atoms. The lowest BCUT2D eigenvalue weighted by atomic mass is 10.0. The number of aliphatic hydroxyl groups excluding tert-OH is 2. The highest BCUT2D eigenvalue weighted by atomic mass is 16.3. The fraction of sp³-hybridized carbons (Fsp3) is 0.571. The van der Waals surface area contributed by atoms with Gasteiger partial charge in [-0.25, -0.2) is 0 Å². The molecule has 0 aliphatic rings. The van der Waals surface area contributed by atoms with Crippen molar-refractivity contribution in [3.8, 4) is 5.75 Å². The molecule has 1 atom stereocenters. The third-order valence-corrected chi connectivity index (χ3v) is 2.70. The van der Waals surface area contributed by atoms with Crippen molar-refractivity contribution in [3.05, 3.63) is 29.3 Å². The van der Waals surface area contributed by atoms with Gasteiger partial charge in [0.15, 0.2) is 0 Å². The Bertz CT molecular complexity index is 385. The summed E-state index contributed by atoms with van der Waals surface area (Å²) in [4.78, 5) is 0. The standard InChI is InChI=1S/C14H23NO3/c1-14(2,3)15-9-13(18)10-4-5-12(17)11(8-10)6-7-16/h4-5,8,13,15-18H,6-7,9H2,1-3H3. The number of β-amino-alcohol motifs (C(OH)–C–C–N with tert-alkyl or cyclic N) is 1. The predicted molar refractivity (Wildman–Crippen MR) is 71.6 cm³/mol. The van der Waals surface area contributed by atoms with Gasteiger partial charge in [-0.3, -0.25) is 0 Å². The second kappa shape index (κ2) is 6.18. The molecule has 4 heteroatoms. The quantitative estimate of drug-likeness (QED) is 0.639. The summed E-state index contributed by atoms with van der Waals surface area (Å²) in [7, 11) is 0. The molecule has 0 saturated heterocycles. The monoisotopic (exact) mass is 253 g/mol.